The summed E-state index contributed by atoms with van der Waals surface area (Å²) in [5.41, 5.74) is 1.50. The molecular formula is C9H5ClN4S. The van der Waals surface area contributed by atoms with Crippen LogP contribution >= 0.6 is 22.9 Å². The van der Waals surface area contributed by atoms with Crippen molar-refractivity contribution in [2.75, 3.05) is 0 Å². The summed E-state index contributed by atoms with van der Waals surface area (Å²) in [6, 6.07) is 1.87. The normalized spacial score (nSPS) is 11.0. The Morgan fingerprint density at radius 1 is 1.40 bits per heavy atom. The number of aromatic nitrogens is 4. The van der Waals surface area contributed by atoms with Crippen LogP contribution in [0.3, 0.4) is 0 Å². The number of hydrogen-bond acceptors (Lipinski definition) is 4. The van der Waals surface area contributed by atoms with E-state index in [1.54, 1.807) is 17.5 Å². The lowest BCUT2D eigenvalue weighted by atomic mass is 10.4. The predicted molar refractivity (Wildman–Crippen MR) is 60.0 cm³/mol. The lowest BCUT2D eigenvalue weighted by Gasteiger charge is -1.85. The van der Waals surface area contributed by atoms with Crippen LogP contribution in [-0.2, 0) is 0 Å². The maximum Gasteiger partial charge on any atom is 0.181 e. The van der Waals surface area contributed by atoms with Crippen LogP contribution < -0.4 is 0 Å². The van der Waals surface area contributed by atoms with Gasteiger partial charge in [0.1, 0.15) is 11.8 Å². The Balaban J connectivity index is 2.19. The van der Waals surface area contributed by atoms with Gasteiger partial charge in [0.15, 0.2) is 11.5 Å². The number of aromatic amines is 1. The standard InChI is InChI=1S/C9H5ClN4S/c10-5-1-7(15-3-5)9-13-6-2-11-4-12-8(6)14-9/h1-4H,(H,11,12,13,14). The molecule has 0 radical (unpaired) electrons. The maximum absolute atomic E-state index is 5.85. The highest BCUT2D eigenvalue weighted by Crippen LogP contribution is 2.28. The van der Waals surface area contributed by atoms with Crippen LogP contribution in [0.1, 0.15) is 0 Å². The van der Waals surface area contributed by atoms with Gasteiger partial charge in [-0.1, -0.05) is 11.6 Å². The zero-order valence-corrected chi connectivity index (χ0v) is 9.01. The van der Waals surface area contributed by atoms with Gasteiger partial charge in [0.05, 0.1) is 16.1 Å². The highest BCUT2D eigenvalue weighted by molar-refractivity contribution is 7.14. The van der Waals surface area contributed by atoms with Gasteiger partial charge in [-0.3, -0.25) is 0 Å². The van der Waals surface area contributed by atoms with Crippen LogP contribution in [0.4, 0.5) is 0 Å². The molecule has 0 amide bonds. The van der Waals surface area contributed by atoms with Gasteiger partial charge in [-0.15, -0.1) is 11.3 Å². The monoisotopic (exact) mass is 236 g/mol. The molecule has 0 spiro atoms. The Labute approximate surface area is 94.0 Å². The van der Waals surface area contributed by atoms with Crippen LogP contribution in [-0.4, -0.2) is 19.9 Å². The third-order valence-electron chi connectivity index (χ3n) is 1.96. The molecule has 0 atom stereocenters. The van der Waals surface area contributed by atoms with E-state index in [9.17, 15) is 0 Å². The number of halogens is 1. The van der Waals surface area contributed by atoms with Crippen molar-refractivity contribution in [3.63, 3.8) is 0 Å². The minimum atomic E-state index is 0.671. The van der Waals surface area contributed by atoms with E-state index in [0.29, 0.717) is 5.65 Å². The van der Waals surface area contributed by atoms with E-state index < -0.39 is 0 Å². The average molecular weight is 237 g/mol. The van der Waals surface area contributed by atoms with Gasteiger partial charge in [0.25, 0.3) is 0 Å². The van der Waals surface area contributed by atoms with Gasteiger partial charge in [0.2, 0.25) is 0 Å². The second-order valence-corrected chi connectivity index (χ2v) is 4.32. The summed E-state index contributed by atoms with van der Waals surface area (Å²) in [4.78, 5) is 16.5. The maximum atomic E-state index is 5.85. The Morgan fingerprint density at radius 3 is 3.07 bits per heavy atom. The van der Waals surface area contributed by atoms with Crippen LogP contribution in [0.15, 0.2) is 24.0 Å². The van der Waals surface area contributed by atoms with E-state index in [-0.39, 0.29) is 0 Å². The number of fused-ring (bicyclic) bond motifs is 1. The van der Waals surface area contributed by atoms with E-state index in [1.807, 2.05) is 11.4 Å². The molecule has 0 fully saturated rings. The molecule has 0 unspecified atom stereocenters. The first-order valence-corrected chi connectivity index (χ1v) is 5.49. The number of thiophene rings is 1. The van der Waals surface area contributed by atoms with Crippen molar-refractivity contribution in [1.82, 2.24) is 19.9 Å². The lowest BCUT2D eigenvalue weighted by Crippen LogP contribution is -1.76. The van der Waals surface area contributed by atoms with Crippen molar-refractivity contribution in [2.24, 2.45) is 0 Å². The molecule has 0 aliphatic rings. The number of nitrogens with one attached hydrogen (secondary N) is 1. The summed E-state index contributed by atoms with van der Waals surface area (Å²) in [5.74, 6) is 0.780. The molecule has 1 N–H and O–H groups in total. The summed E-state index contributed by atoms with van der Waals surface area (Å²) < 4.78 is 0. The SMILES string of the molecule is Clc1csc(-c2nc3ncncc3[nH]2)c1. The average Bonchev–Trinajstić information content (AvgIpc) is 2.82. The highest BCUT2D eigenvalue weighted by Gasteiger charge is 2.07. The fraction of sp³-hybridized carbons (Fsp3) is 0. The Bertz CT molecular complexity index is 582. The lowest BCUT2D eigenvalue weighted by molar-refractivity contribution is 1.20. The molecule has 3 aromatic rings. The molecule has 0 saturated heterocycles. The molecule has 4 nitrogen and oxygen atoms in total. The minimum Gasteiger partial charge on any atom is -0.335 e. The Kier molecular flexibility index (Phi) is 1.93. The summed E-state index contributed by atoms with van der Waals surface area (Å²) >= 11 is 7.39. The smallest absolute Gasteiger partial charge is 0.181 e. The van der Waals surface area contributed by atoms with E-state index in [1.165, 1.54) is 6.33 Å². The summed E-state index contributed by atoms with van der Waals surface area (Å²) in [6.45, 7) is 0. The summed E-state index contributed by atoms with van der Waals surface area (Å²) in [6.07, 6.45) is 3.18. The quantitative estimate of drug-likeness (QED) is 0.707. The molecule has 0 aliphatic heterocycles. The molecule has 3 heterocycles. The molecule has 0 aromatic carbocycles. The second kappa shape index (κ2) is 3.29. The Hall–Kier alpha value is -1.46. The number of rotatable bonds is 1. The van der Waals surface area contributed by atoms with Gasteiger partial charge in [-0.25, -0.2) is 15.0 Å². The topological polar surface area (TPSA) is 54.5 Å². The van der Waals surface area contributed by atoms with Crippen LogP contribution in [0.5, 0.6) is 0 Å². The molecule has 0 saturated carbocycles. The van der Waals surface area contributed by atoms with Gasteiger partial charge in [-0.05, 0) is 6.07 Å². The number of nitrogens with zero attached hydrogens (tertiary/aromatic N) is 3. The Morgan fingerprint density at radius 2 is 2.33 bits per heavy atom. The molecule has 0 bridgehead atoms. The molecule has 6 heteroatoms. The van der Waals surface area contributed by atoms with E-state index in [2.05, 4.69) is 19.9 Å². The first-order valence-electron chi connectivity index (χ1n) is 4.23. The van der Waals surface area contributed by atoms with Crippen molar-refractivity contribution in [1.29, 1.82) is 0 Å². The van der Waals surface area contributed by atoms with Gasteiger partial charge in [-0.2, -0.15) is 0 Å². The zero-order valence-electron chi connectivity index (χ0n) is 7.44. The van der Waals surface area contributed by atoms with Crippen molar-refractivity contribution >= 4 is 34.1 Å². The number of imidazole rings is 1. The van der Waals surface area contributed by atoms with E-state index >= 15 is 0 Å². The molecule has 15 heavy (non-hydrogen) atoms. The van der Waals surface area contributed by atoms with Crippen molar-refractivity contribution in [3.8, 4) is 10.7 Å². The summed E-state index contributed by atoms with van der Waals surface area (Å²) in [7, 11) is 0. The van der Waals surface area contributed by atoms with Gasteiger partial charge >= 0.3 is 0 Å². The van der Waals surface area contributed by atoms with Crippen LogP contribution in [0.25, 0.3) is 21.9 Å². The first-order chi connectivity index (χ1) is 7.33. The van der Waals surface area contributed by atoms with Gasteiger partial charge < -0.3 is 4.98 Å². The highest BCUT2D eigenvalue weighted by atomic mass is 35.5. The molecule has 3 rings (SSSR count). The van der Waals surface area contributed by atoms with Crippen LogP contribution in [0, 0.1) is 0 Å². The third-order valence-corrected chi connectivity index (χ3v) is 3.25. The molecule has 3 aromatic heterocycles. The fourth-order valence-electron chi connectivity index (χ4n) is 1.32. The van der Waals surface area contributed by atoms with Crippen LogP contribution in [0.2, 0.25) is 5.02 Å². The third kappa shape index (κ3) is 1.49. The molecule has 0 aliphatic carbocycles. The number of H-pyrrole nitrogens is 1. The first kappa shape index (κ1) is 8.82. The second-order valence-electron chi connectivity index (χ2n) is 2.97. The van der Waals surface area contributed by atoms with Crippen molar-refractivity contribution in [2.45, 2.75) is 0 Å². The van der Waals surface area contributed by atoms with E-state index in [0.717, 1.165) is 21.2 Å². The zero-order chi connectivity index (χ0) is 10.3. The molecular weight excluding hydrogens is 232 g/mol. The van der Waals surface area contributed by atoms with Crippen molar-refractivity contribution < 1.29 is 0 Å². The van der Waals surface area contributed by atoms with Gasteiger partial charge in [0, 0.05) is 5.38 Å². The minimum absolute atomic E-state index is 0.671. The largest absolute Gasteiger partial charge is 0.335 e. The van der Waals surface area contributed by atoms with Crippen molar-refractivity contribution in [3.05, 3.63) is 29.0 Å². The predicted octanol–water partition coefficient (Wildman–Crippen LogP) is 2.73. The summed E-state index contributed by atoms with van der Waals surface area (Å²) in [5, 5.41) is 2.59. The fourth-order valence-corrected chi connectivity index (χ4v) is 2.33. The number of hydrogen-bond donors (Lipinski definition) is 1. The van der Waals surface area contributed by atoms with E-state index in [4.69, 9.17) is 11.6 Å². The molecule has 74 valence electrons.